The summed E-state index contributed by atoms with van der Waals surface area (Å²) in [4.78, 5) is 24.1. The molecule has 1 aliphatic heterocycles. The van der Waals surface area contributed by atoms with Gasteiger partial charge in [0.2, 0.25) is 5.88 Å². The van der Waals surface area contributed by atoms with Gasteiger partial charge >= 0.3 is 11.9 Å². The minimum absolute atomic E-state index is 0.0382. The Morgan fingerprint density at radius 2 is 1.76 bits per heavy atom. The molecule has 0 aliphatic carbocycles. The molecule has 33 heavy (non-hydrogen) atoms. The highest BCUT2D eigenvalue weighted by atomic mass is 16.5. The molecule has 0 fully saturated rings. The van der Waals surface area contributed by atoms with Gasteiger partial charge in [-0.15, -0.1) is 0 Å². The molecule has 1 aliphatic rings. The molecule has 1 atom stereocenters. The summed E-state index contributed by atoms with van der Waals surface area (Å²) in [5, 5.41) is 9.65. The van der Waals surface area contributed by atoms with E-state index in [4.69, 9.17) is 19.9 Å². The van der Waals surface area contributed by atoms with E-state index in [1.54, 1.807) is 62.4 Å². The molecule has 1 unspecified atom stereocenters. The van der Waals surface area contributed by atoms with Crippen molar-refractivity contribution in [2.24, 2.45) is 5.73 Å². The number of rotatable bonds is 7. The molecule has 1 heterocycles. The molecule has 0 amide bonds. The Balaban J connectivity index is 1.79. The number of allylic oxidation sites excluding steroid dienone is 2. The number of hydrogen-bond acceptors (Lipinski definition) is 8. The molecule has 0 radical (unpaired) electrons. The fourth-order valence-corrected chi connectivity index (χ4v) is 3.47. The number of methoxy groups -OCH3 is 1. The summed E-state index contributed by atoms with van der Waals surface area (Å²) >= 11 is 0. The first-order valence-corrected chi connectivity index (χ1v) is 10.2. The monoisotopic (exact) mass is 448 g/mol. The van der Waals surface area contributed by atoms with Gasteiger partial charge in [-0.1, -0.05) is 24.3 Å². The minimum atomic E-state index is -0.706. The van der Waals surface area contributed by atoms with Crippen LogP contribution < -0.4 is 10.5 Å². The summed E-state index contributed by atoms with van der Waals surface area (Å²) in [7, 11) is 1.33. The quantitative estimate of drug-likeness (QED) is 0.637. The maximum Gasteiger partial charge on any atom is 0.338 e. The molecular weight excluding hydrogens is 424 g/mol. The fraction of sp³-hybridized carbons (Fsp3) is 0.240. The summed E-state index contributed by atoms with van der Waals surface area (Å²) in [6.45, 7) is 3.80. The lowest BCUT2D eigenvalue weighted by molar-refractivity contribution is -0.139. The average Bonchev–Trinajstić information content (AvgIpc) is 2.82. The van der Waals surface area contributed by atoms with Gasteiger partial charge in [-0.05, 0) is 49.2 Å². The number of nitrogens with two attached hydrogens (primary N) is 1. The van der Waals surface area contributed by atoms with Crippen molar-refractivity contribution in [1.29, 1.82) is 5.26 Å². The van der Waals surface area contributed by atoms with Gasteiger partial charge in [0.05, 0.1) is 30.8 Å². The molecule has 8 heteroatoms. The predicted molar refractivity (Wildman–Crippen MR) is 119 cm³/mol. The number of nitriles is 1. The summed E-state index contributed by atoms with van der Waals surface area (Å²) in [6.07, 6.45) is 0. The van der Waals surface area contributed by atoms with Crippen molar-refractivity contribution in [2.45, 2.75) is 26.4 Å². The second kappa shape index (κ2) is 10.4. The highest BCUT2D eigenvalue weighted by Crippen LogP contribution is 2.40. The van der Waals surface area contributed by atoms with Crippen molar-refractivity contribution >= 4 is 11.9 Å². The molecule has 0 saturated heterocycles. The molecule has 8 nitrogen and oxygen atoms in total. The third kappa shape index (κ3) is 5.15. The van der Waals surface area contributed by atoms with Gasteiger partial charge in [0.25, 0.3) is 0 Å². The molecule has 2 N–H and O–H groups in total. The van der Waals surface area contributed by atoms with Crippen molar-refractivity contribution in [3.63, 3.8) is 0 Å². The highest BCUT2D eigenvalue weighted by Gasteiger charge is 2.36. The average molecular weight is 448 g/mol. The number of nitrogens with zero attached hydrogens (tertiary/aromatic N) is 1. The van der Waals surface area contributed by atoms with Crippen molar-refractivity contribution in [3.8, 4) is 11.8 Å². The third-order valence-corrected chi connectivity index (χ3v) is 5.09. The molecule has 2 aromatic carbocycles. The van der Waals surface area contributed by atoms with Crippen LogP contribution in [0, 0.1) is 11.3 Å². The summed E-state index contributed by atoms with van der Waals surface area (Å²) in [6, 6.07) is 16.0. The van der Waals surface area contributed by atoms with Gasteiger partial charge < -0.3 is 24.7 Å². The van der Waals surface area contributed by atoms with Crippen LogP contribution in [0.25, 0.3) is 0 Å². The van der Waals surface area contributed by atoms with Crippen LogP contribution in [0.2, 0.25) is 0 Å². The number of carbonyl (C=O) groups excluding carboxylic acids is 2. The van der Waals surface area contributed by atoms with Crippen molar-refractivity contribution < 1.29 is 28.5 Å². The SMILES string of the molecule is CCOC(=O)C1=C(C)OC(N)=C(C#N)C1c1ccc(OCc2ccc(C(=O)OC)cc2)cc1. The number of ether oxygens (including phenoxy) is 4. The molecule has 3 rings (SSSR count). The third-order valence-electron chi connectivity index (χ3n) is 5.09. The highest BCUT2D eigenvalue weighted by molar-refractivity contribution is 5.92. The van der Waals surface area contributed by atoms with E-state index in [1.807, 2.05) is 0 Å². The van der Waals surface area contributed by atoms with Crippen LogP contribution in [0.15, 0.2) is 71.3 Å². The molecule has 0 spiro atoms. The first kappa shape index (κ1) is 23.4. The Hall–Kier alpha value is -4.25. The standard InChI is InChI=1S/C25H24N2O6/c1-4-31-25(29)21-15(2)33-23(27)20(13-26)22(21)17-9-11-19(12-10-17)32-14-16-5-7-18(8-6-16)24(28)30-3/h5-12,22H,4,14,27H2,1-3H3. The Kier molecular flexibility index (Phi) is 7.36. The van der Waals surface area contributed by atoms with Crippen LogP contribution in [0.4, 0.5) is 0 Å². The summed E-state index contributed by atoms with van der Waals surface area (Å²) < 4.78 is 21.1. The predicted octanol–water partition coefficient (Wildman–Crippen LogP) is 3.70. The number of carbonyl (C=O) groups is 2. The van der Waals surface area contributed by atoms with Gasteiger partial charge in [0.1, 0.15) is 29.8 Å². The Morgan fingerprint density at radius 3 is 2.33 bits per heavy atom. The lowest BCUT2D eigenvalue weighted by atomic mass is 9.83. The van der Waals surface area contributed by atoms with Crippen molar-refractivity contribution in [2.75, 3.05) is 13.7 Å². The number of benzene rings is 2. The molecule has 2 aromatic rings. The smallest absolute Gasteiger partial charge is 0.338 e. The zero-order valence-corrected chi connectivity index (χ0v) is 18.6. The van der Waals surface area contributed by atoms with Crippen LogP contribution in [0.5, 0.6) is 5.75 Å². The Labute approximate surface area is 191 Å². The lowest BCUT2D eigenvalue weighted by Gasteiger charge is -2.26. The largest absolute Gasteiger partial charge is 0.489 e. The number of hydrogen-bond donors (Lipinski definition) is 1. The van der Waals surface area contributed by atoms with Gasteiger partial charge in [-0.3, -0.25) is 0 Å². The van der Waals surface area contributed by atoms with E-state index in [1.165, 1.54) is 7.11 Å². The van der Waals surface area contributed by atoms with E-state index < -0.39 is 17.9 Å². The maximum absolute atomic E-state index is 12.6. The zero-order valence-electron chi connectivity index (χ0n) is 18.6. The van der Waals surface area contributed by atoms with Gasteiger partial charge in [-0.2, -0.15) is 5.26 Å². The van der Waals surface area contributed by atoms with E-state index in [-0.39, 0.29) is 23.6 Å². The van der Waals surface area contributed by atoms with Crippen LogP contribution in [-0.2, 0) is 25.6 Å². The van der Waals surface area contributed by atoms with Crippen LogP contribution in [-0.4, -0.2) is 25.7 Å². The van der Waals surface area contributed by atoms with Gasteiger partial charge in [-0.25, -0.2) is 9.59 Å². The van der Waals surface area contributed by atoms with E-state index in [0.29, 0.717) is 29.2 Å². The van der Waals surface area contributed by atoms with E-state index >= 15 is 0 Å². The second-order valence-corrected chi connectivity index (χ2v) is 7.16. The summed E-state index contributed by atoms with van der Waals surface area (Å²) in [5.41, 5.74) is 8.31. The Morgan fingerprint density at radius 1 is 1.09 bits per heavy atom. The van der Waals surface area contributed by atoms with Crippen LogP contribution >= 0.6 is 0 Å². The minimum Gasteiger partial charge on any atom is -0.489 e. The molecule has 0 aromatic heterocycles. The number of esters is 2. The van der Waals surface area contributed by atoms with Crippen LogP contribution in [0.3, 0.4) is 0 Å². The first-order chi connectivity index (χ1) is 15.9. The van der Waals surface area contributed by atoms with Crippen molar-refractivity contribution in [1.82, 2.24) is 0 Å². The normalized spacial score (nSPS) is 15.4. The maximum atomic E-state index is 12.6. The zero-order chi connectivity index (χ0) is 24.0. The summed E-state index contributed by atoms with van der Waals surface area (Å²) in [5.74, 6) is -0.811. The van der Waals surface area contributed by atoms with E-state index in [0.717, 1.165) is 5.56 Å². The van der Waals surface area contributed by atoms with Gasteiger partial charge in [0.15, 0.2) is 0 Å². The van der Waals surface area contributed by atoms with E-state index in [9.17, 15) is 14.9 Å². The molecule has 170 valence electrons. The molecular formula is C25H24N2O6. The van der Waals surface area contributed by atoms with E-state index in [2.05, 4.69) is 10.8 Å². The van der Waals surface area contributed by atoms with Crippen molar-refractivity contribution in [3.05, 3.63) is 88.0 Å². The van der Waals surface area contributed by atoms with Crippen LogP contribution in [0.1, 0.15) is 41.3 Å². The first-order valence-electron chi connectivity index (χ1n) is 10.2. The Bertz CT molecular complexity index is 1140. The van der Waals surface area contributed by atoms with Gasteiger partial charge in [0, 0.05) is 0 Å². The fourth-order valence-electron chi connectivity index (χ4n) is 3.47. The molecule has 0 saturated carbocycles. The lowest BCUT2D eigenvalue weighted by Crippen LogP contribution is -2.25. The topological polar surface area (TPSA) is 121 Å². The second-order valence-electron chi connectivity index (χ2n) is 7.16. The molecule has 0 bridgehead atoms.